The molecule has 0 radical (unpaired) electrons. The fourth-order valence-electron chi connectivity index (χ4n) is 1.91. The summed E-state index contributed by atoms with van der Waals surface area (Å²) < 4.78 is 18.6. The van der Waals surface area contributed by atoms with Gasteiger partial charge >= 0.3 is 0 Å². The van der Waals surface area contributed by atoms with Gasteiger partial charge in [0.1, 0.15) is 11.9 Å². The number of hydrogen-bond donors (Lipinski definition) is 0. The van der Waals surface area contributed by atoms with Crippen molar-refractivity contribution in [1.82, 2.24) is 0 Å². The molecule has 2 nitrogen and oxygen atoms in total. The van der Waals surface area contributed by atoms with Gasteiger partial charge in [-0.25, -0.2) is 4.39 Å². The maximum absolute atomic E-state index is 12.9. The summed E-state index contributed by atoms with van der Waals surface area (Å²) in [7, 11) is 0. The molecule has 1 unspecified atom stereocenters. The molecule has 1 atom stereocenters. The van der Waals surface area contributed by atoms with E-state index in [1.807, 2.05) is 6.08 Å². The van der Waals surface area contributed by atoms with Crippen molar-refractivity contribution in [3.05, 3.63) is 71.1 Å². The number of rotatable bonds is 2. The summed E-state index contributed by atoms with van der Waals surface area (Å²) in [6.07, 6.45) is 3.35. The van der Waals surface area contributed by atoms with Gasteiger partial charge in [0, 0.05) is 5.57 Å². The monoisotopic (exact) mass is 255 g/mol. The zero-order chi connectivity index (χ0) is 13.8. The predicted octanol–water partition coefficient (Wildman–Crippen LogP) is 3.85. The Kier molecular flexibility index (Phi) is 3.94. The Balaban J connectivity index is 2.33. The highest BCUT2D eigenvalue weighted by Gasteiger charge is 2.26. The molecule has 0 bridgehead atoms. The van der Waals surface area contributed by atoms with E-state index in [9.17, 15) is 4.39 Å². The molecule has 1 heterocycles. The molecule has 1 aliphatic rings. The van der Waals surface area contributed by atoms with Crippen molar-refractivity contribution in [2.75, 3.05) is 6.61 Å². The number of benzene rings is 1. The fourth-order valence-corrected chi connectivity index (χ4v) is 1.91. The molecule has 1 aliphatic heterocycles. The molecule has 1 aromatic rings. The van der Waals surface area contributed by atoms with Gasteiger partial charge in [0.25, 0.3) is 0 Å². The minimum Gasteiger partial charge on any atom is -0.364 e. The lowest BCUT2D eigenvalue weighted by atomic mass is 9.98. The van der Waals surface area contributed by atoms with Gasteiger partial charge in [-0.2, -0.15) is 5.26 Å². The highest BCUT2D eigenvalue weighted by molar-refractivity contribution is 5.44. The molecule has 3 heteroatoms. The number of nitrogens with zero attached hydrogens (tertiary/aromatic N) is 1. The van der Waals surface area contributed by atoms with E-state index in [1.165, 1.54) is 12.1 Å². The lowest BCUT2D eigenvalue weighted by Gasteiger charge is -2.11. The molecule has 0 aromatic heterocycles. The van der Waals surface area contributed by atoms with Crippen LogP contribution in [0.4, 0.5) is 4.39 Å². The highest BCUT2D eigenvalue weighted by Crippen LogP contribution is 2.36. The van der Waals surface area contributed by atoms with Crippen LogP contribution in [-0.2, 0) is 4.74 Å². The molecule has 0 amide bonds. The van der Waals surface area contributed by atoms with E-state index in [1.54, 1.807) is 25.1 Å². The van der Waals surface area contributed by atoms with Crippen molar-refractivity contribution in [1.29, 1.82) is 5.26 Å². The normalized spacial score (nSPS) is 21.7. The van der Waals surface area contributed by atoms with E-state index < -0.39 is 0 Å². The van der Waals surface area contributed by atoms with E-state index in [2.05, 4.69) is 12.6 Å². The fraction of sp³-hybridized carbons (Fsp3) is 0.188. The summed E-state index contributed by atoms with van der Waals surface area (Å²) in [5, 5.41) is 8.75. The SMILES string of the molecule is C=C1COC(c2ccc(F)cc2)/C1=C/C=C(\C)C#N. The first-order valence-corrected chi connectivity index (χ1v) is 5.95. The summed E-state index contributed by atoms with van der Waals surface area (Å²) in [6.45, 7) is 6.14. The largest absolute Gasteiger partial charge is 0.364 e. The van der Waals surface area contributed by atoms with Crippen LogP contribution in [0, 0.1) is 17.1 Å². The van der Waals surface area contributed by atoms with E-state index in [0.717, 1.165) is 16.7 Å². The van der Waals surface area contributed by atoms with Gasteiger partial charge in [-0.15, -0.1) is 0 Å². The van der Waals surface area contributed by atoms with Crippen molar-refractivity contribution in [2.45, 2.75) is 13.0 Å². The first-order valence-electron chi connectivity index (χ1n) is 5.95. The molecule has 1 aromatic carbocycles. The Morgan fingerprint density at radius 3 is 2.79 bits per heavy atom. The Labute approximate surface area is 112 Å². The van der Waals surface area contributed by atoms with Crippen LogP contribution in [0.3, 0.4) is 0 Å². The lowest BCUT2D eigenvalue weighted by molar-refractivity contribution is 0.131. The Hall–Kier alpha value is -2.18. The van der Waals surface area contributed by atoms with E-state index in [0.29, 0.717) is 12.2 Å². The molecule has 2 rings (SSSR count). The van der Waals surface area contributed by atoms with E-state index in [4.69, 9.17) is 10.00 Å². The molecule has 1 fully saturated rings. The van der Waals surface area contributed by atoms with Crippen molar-refractivity contribution >= 4 is 0 Å². The molecule has 19 heavy (non-hydrogen) atoms. The second kappa shape index (κ2) is 5.64. The molecule has 0 N–H and O–H groups in total. The zero-order valence-corrected chi connectivity index (χ0v) is 10.7. The number of hydrogen-bond acceptors (Lipinski definition) is 2. The minimum absolute atomic E-state index is 0.240. The van der Waals surface area contributed by atoms with Gasteiger partial charge in [-0.05, 0) is 41.8 Å². The predicted molar refractivity (Wildman–Crippen MR) is 71.7 cm³/mol. The van der Waals surface area contributed by atoms with Crippen LogP contribution in [0.2, 0.25) is 0 Å². The topological polar surface area (TPSA) is 33.0 Å². The Bertz CT molecular complexity index is 590. The van der Waals surface area contributed by atoms with E-state index in [-0.39, 0.29) is 11.9 Å². The van der Waals surface area contributed by atoms with Crippen LogP contribution in [0.5, 0.6) is 0 Å². The Morgan fingerprint density at radius 1 is 1.47 bits per heavy atom. The minimum atomic E-state index is -0.272. The third-order valence-electron chi connectivity index (χ3n) is 2.98. The number of ether oxygens (including phenoxy) is 1. The van der Waals surface area contributed by atoms with Crippen molar-refractivity contribution in [3.63, 3.8) is 0 Å². The van der Waals surface area contributed by atoms with Crippen molar-refractivity contribution in [3.8, 4) is 6.07 Å². The number of nitriles is 1. The molecule has 1 saturated heterocycles. The average Bonchev–Trinajstić information content (AvgIpc) is 2.78. The number of halogens is 1. The second-order valence-corrected chi connectivity index (χ2v) is 4.43. The first-order chi connectivity index (χ1) is 9.11. The van der Waals surface area contributed by atoms with Gasteiger partial charge in [-0.3, -0.25) is 0 Å². The molecule has 0 aliphatic carbocycles. The van der Waals surface area contributed by atoms with Crippen LogP contribution in [-0.4, -0.2) is 6.61 Å². The highest BCUT2D eigenvalue weighted by atomic mass is 19.1. The van der Waals surface area contributed by atoms with Crippen molar-refractivity contribution in [2.24, 2.45) is 0 Å². The lowest BCUT2D eigenvalue weighted by Crippen LogP contribution is -1.98. The van der Waals surface area contributed by atoms with Gasteiger partial charge in [0.15, 0.2) is 0 Å². The molecular weight excluding hydrogens is 241 g/mol. The quantitative estimate of drug-likeness (QED) is 0.752. The smallest absolute Gasteiger partial charge is 0.123 e. The van der Waals surface area contributed by atoms with Crippen LogP contribution in [0.15, 0.2) is 59.7 Å². The van der Waals surface area contributed by atoms with Gasteiger partial charge in [-0.1, -0.05) is 24.8 Å². The summed E-state index contributed by atoms with van der Waals surface area (Å²) in [5.41, 5.74) is 3.32. The third kappa shape index (κ3) is 2.98. The summed E-state index contributed by atoms with van der Waals surface area (Å²) in [4.78, 5) is 0. The molecule has 96 valence electrons. The second-order valence-electron chi connectivity index (χ2n) is 4.43. The van der Waals surface area contributed by atoms with Gasteiger partial charge in [0.2, 0.25) is 0 Å². The van der Waals surface area contributed by atoms with E-state index >= 15 is 0 Å². The maximum Gasteiger partial charge on any atom is 0.123 e. The number of allylic oxidation sites excluding steroid dienone is 3. The van der Waals surface area contributed by atoms with Crippen LogP contribution in [0.1, 0.15) is 18.6 Å². The molecule has 0 saturated carbocycles. The summed E-state index contributed by atoms with van der Waals surface area (Å²) in [6, 6.07) is 8.29. The summed E-state index contributed by atoms with van der Waals surface area (Å²) >= 11 is 0. The standard InChI is InChI=1S/C16H14FNO/c1-11(9-18)3-8-15-12(2)10-19-16(15)13-4-6-14(17)7-5-13/h3-8,16H,2,10H2,1H3/b11-3+,15-8+. The van der Waals surface area contributed by atoms with Gasteiger partial charge < -0.3 is 4.74 Å². The zero-order valence-electron chi connectivity index (χ0n) is 10.7. The average molecular weight is 255 g/mol. The first kappa shape index (κ1) is 13.3. The van der Waals surface area contributed by atoms with Crippen LogP contribution < -0.4 is 0 Å². The maximum atomic E-state index is 12.9. The summed E-state index contributed by atoms with van der Waals surface area (Å²) in [5.74, 6) is -0.272. The van der Waals surface area contributed by atoms with Crippen LogP contribution >= 0.6 is 0 Å². The molecular formula is C16H14FNO. The van der Waals surface area contributed by atoms with Crippen molar-refractivity contribution < 1.29 is 9.13 Å². The third-order valence-corrected chi connectivity index (χ3v) is 2.98. The Morgan fingerprint density at radius 2 is 2.16 bits per heavy atom. The van der Waals surface area contributed by atoms with Crippen LogP contribution in [0.25, 0.3) is 0 Å². The van der Waals surface area contributed by atoms with Gasteiger partial charge in [0.05, 0.1) is 12.7 Å². The molecule has 0 spiro atoms.